The van der Waals surface area contributed by atoms with Gasteiger partial charge < -0.3 is 10.5 Å². The van der Waals surface area contributed by atoms with Crippen LogP contribution in [-0.4, -0.2) is 41.4 Å². The zero-order valence-corrected chi connectivity index (χ0v) is 10.3. The Labute approximate surface area is 94.2 Å². The van der Waals surface area contributed by atoms with Gasteiger partial charge in [0.05, 0.1) is 13.2 Å². The highest BCUT2D eigenvalue weighted by molar-refractivity contribution is 7.15. The van der Waals surface area contributed by atoms with Gasteiger partial charge in [-0.3, -0.25) is 4.90 Å². The highest BCUT2D eigenvalue weighted by Gasteiger charge is 2.14. The molecule has 1 heterocycles. The maximum Gasteiger partial charge on any atom is 0.203 e. The molecule has 15 heavy (non-hydrogen) atoms. The molecule has 0 spiro atoms. The van der Waals surface area contributed by atoms with E-state index in [1.54, 1.807) is 7.11 Å². The predicted molar refractivity (Wildman–Crippen MR) is 61.7 cm³/mol. The lowest BCUT2D eigenvalue weighted by molar-refractivity contribution is 0.0980. The average molecular weight is 230 g/mol. The molecule has 1 rings (SSSR count). The molecule has 1 unspecified atom stereocenters. The van der Waals surface area contributed by atoms with Gasteiger partial charge in [0.15, 0.2) is 0 Å². The Bertz CT molecular complexity index is 291. The minimum Gasteiger partial charge on any atom is -0.383 e. The topological polar surface area (TPSA) is 64.3 Å². The lowest BCUT2D eigenvalue weighted by atomic mass is 10.3. The lowest BCUT2D eigenvalue weighted by Gasteiger charge is -2.25. The first kappa shape index (κ1) is 12.4. The fourth-order valence-electron chi connectivity index (χ4n) is 1.43. The molecule has 1 aromatic heterocycles. The quantitative estimate of drug-likeness (QED) is 0.789. The molecule has 1 aromatic rings. The maximum absolute atomic E-state index is 5.53. The summed E-state index contributed by atoms with van der Waals surface area (Å²) in [7, 11) is 1.72. The van der Waals surface area contributed by atoms with Crippen molar-refractivity contribution in [1.82, 2.24) is 15.1 Å². The van der Waals surface area contributed by atoms with Gasteiger partial charge in [-0.15, -0.1) is 10.2 Å². The molecule has 5 nitrogen and oxygen atoms in total. The first-order valence-electron chi connectivity index (χ1n) is 4.98. The van der Waals surface area contributed by atoms with Crippen LogP contribution in [0.3, 0.4) is 0 Å². The van der Waals surface area contributed by atoms with Gasteiger partial charge in [-0.05, 0) is 13.5 Å². The highest BCUT2D eigenvalue weighted by atomic mass is 32.1. The number of hydrogen-bond acceptors (Lipinski definition) is 6. The SMILES string of the molecule is CCN(Cc1nnc(N)s1)C(C)COC. The van der Waals surface area contributed by atoms with Crippen LogP contribution in [0.15, 0.2) is 0 Å². The monoisotopic (exact) mass is 230 g/mol. The van der Waals surface area contributed by atoms with E-state index in [0.29, 0.717) is 11.2 Å². The third kappa shape index (κ3) is 3.73. The van der Waals surface area contributed by atoms with E-state index in [9.17, 15) is 0 Å². The van der Waals surface area contributed by atoms with Crippen molar-refractivity contribution in [2.75, 3.05) is 26.0 Å². The second-order valence-electron chi connectivity index (χ2n) is 3.40. The largest absolute Gasteiger partial charge is 0.383 e. The molecule has 86 valence electrons. The molecule has 0 bridgehead atoms. The second-order valence-corrected chi connectivity index (χ2v) is 4.50. The number of nitrogens with zero attached hydrogens (tertiary/aromatic N) is 3. The van der Waals surface area contributed by atoms with Gasteiger partial charge in [-0.2, -0.15) is 0 Å². The molecule has 6 heteroatoms. The van der Waals surface area contributed by atoms with E-state index >= 15 is 0 Å². The zero-order valence-electron chi connectivity index (χ0n) is 9.43. The van der Waals surface area contributed by atoms with Gasteiger partial charge in [-0.25, -0.2) is 0 Å². The molecule has 1 atom stereocenters. The molecule has 0 saturated carbocycles. The van der Waals surface area contributed by atoms with Gasteiger partial charge in [0.2, 0.25) is 5.13 Å². The van der Waals surface area contributed by atoms with Crippen molar-refractivity contribution < 1.29 is 4.74 Å². The van der Waals surface area contributed by atoms with Crippen molar-refractivity contribution in [2.24, 2.45) is 0 Å². The van der Waals surface area contributed by atoms with Crippen LogP contribution in [0.25, 0.3) is 0 Å². The number of methoxy groups -OCH3 is 1. The van der Waals surface area contributed by atoms with Gasteiger partial charge in [0.25, 0.3) is 0 Å². The van der Waals surface area contributed by atoms with E-state index in [1.165, 1.54) is 11.3 Å². The summed E-state index contributed by atoms with van der Waals surface area (Å²) in [5, 5.41) is 9.29. The van der Waals surface area contributed by atoms with Crippen LogP contribution in [0.2, 0.25) is 0 Å². The van der Waals surface area contributed by atoms with Crippen molar-refractivity contribution in [3.8, 4) is 0 Å². The standard InChI is InChI=1S/C9H18N4OS/c1-4-13(7(2)6-14-3)5-8-11-12-9(10)15-8/h7H,4-6H2,1-3H3,(H2,10,12). The zero-order chi connectivity index (χ0) is 11.3. The van der Waals surface area contributed by atoms with Crippen molar-refractivity contribution in [3.63, 3.8) is 0 Å². The molecule has 0 saturated heterocycles. The number of nitrogen functional groups attached to an aromatic ring is 1. The van der Waals surface area contributed by atoms with Crippen LogP contribution in [0.1, 0.15) is 18.9 Å². The Morgan fingerprint density at radius 2 is 2.27 bits per heavy atom. The number of likely N-dealkylation sites (N-methyl/N-ethyl adjacent to an activating group) is 1. The first-order valence-corrected chi connectivity index (χ1v) is 5.79. The molecule has 0 amide bonds. The van der Waals surface area contributed by atoms with Gasteiger partial charge in [0.1, 0.15) is 5.01 Å². The fourth-order valence-corrected chi connectivity index (χ4v) is 2.07. The number of ether oxygens (including phenoxy) is 1. The smallest absolute Gasteiger partial charge is 0.203 e. The van der Waals surface area contributed by atoms with E-state index in [4.69, 9.17) is 10.5 Å². The molecule has 0 aliphatic heterocycles. The average Bonchev–Trinajstić information content (AvgIpc) is 2.61. The molecule has 0 fully saturated rings. The number of hydrogen-bond donors (Lipinski definition) is 1. The van der Waals surface area contributed by atoms with Crippen LogP contribution in [-0.2, 0) is 11.3 Å². The maximum atomic E-state index is 5.53. The fraction of sp³-hybridized carbons (Fsp3) is 0.778. The summed E-state index contributed by atoms with van der Waals surface area (Å²) >= 11 is 1.44. The summed E-state index contributed by atoms with van der Waals surface area (Å²) in [5.41, 5.74) is 5.53. The molecular formula is C9H18N4OS. The van der Waals surface area contributed by atoms with E-state index < -0.39 is 0 Å². The van der Waals surface area contributed by atoms with Crippen molar-refractivity contribution in [1.29, 1.82) is 0 Å². The molecule has 0 aliphatic rings. The third-order valence-electron chi connectivity index (χ3n) is 2.26. The molecular weight excluding hydrogens is 212 g/mol. The summed E-state index contributed by atoms with van der Waals surface area (Å²) in [5.74, 6) is 0. The number of nitrogens with two attached hydrogens (primary N) is 1. The van der Waals surface area contributed by atoms with Gasteiger partial charge in [0, 0.05) is 13.2 Å². The van der Waals surface area contributed by atoms with Crippen LogP contribution in [0, 0.1) is 0 Å². The summed E-state index contributed by atoms with van der Waals surface area (Å²) in [6.45, 7) is 6.73. The Kier molecular flexibility index (Phi) is 4.93. The summed E-state index contributed by atoms with van der Waals surface area (Å²) in [6, 6.07) is 0.380. The summed E-state index contributed by atoms with van der Waals surface area (Å²) < 4.78 is 5.13. The minimum absolute atomic E-state index is 0.380. The van der Waals surface area contributed by atoms with Crippen LogP contribution < -0.4 is 5.73 Å². The summed E-state index contributed by atoms with van der Waals surface area (Å²) in [6.07, 6.45) is 0. The van der Waals surface area contributed by atoms with E-state index in [0.717, 1.165) is 24.7 Å². The number of rotatable bonds is 6. The molecule has 0 radical (unpaired) electrons. The van der Waals surface area contributed by atoms with E-state index in [1.807, 2.05) is 0 Å². The van der Waals surface area contributed by atoms with Crippen molar-refractivity contribution >= 4 is 16.5 Å². The number of aromatic nitrogens is 2. The Hall–Kier alpha value is -0.720. The van der Waals surface area contributed by atoms with Crippen LogP contribution in [0.5, 0.6) is 0 Å². The molecule has 0 aromatic carbocycles. The van der Waals surface area contributed by atoms with Crippen LogP contribution >= 0.6 is 11.3 Å². The van der Waals surface area contributed by atoms with Crippen LogP contribution in [0.4, 0.5) is 5.13 Å². The first-order chi connectivity index (χ1) is 7.17. The normalized spacial score (nSPS) is 13.3. The highest BCUT2D eigenvalue weighted by Crippen LogP contribution is 2.14. The van der Waals surface area contributed by atoms with Gasteiger partial charge in [-0.1, -0.05) is 18.3 Å². The van der Waals surface area contributed by atoms with Gasteiger partial charge >= 0.3 is 0 Å². The minimum atomic E-state index is 0.380. The summed E-state index contributed by atoms with van der Waals surface area (Å²) in [4.78, 5) is 2.28. The Balaban J connectivity index is 2.53. The van der Waals surface area contributed by atoms with Crippen molar-refractivity contribution in [3.05, 3.63) is 5.01 Å². The lowest BCUT2D eigenvalue weighted by Crippen LogP contribution is -2.35. The molecule has 0 aliphatic carbocycles. The third-order valence-corrected chi connectivity index (χ3v) is 3.00. The molecule has 2 N–H and O–H groups in total. The Morgan fingerprint density at radius 1 is 1.53 bits per heavy atom. The van der Waals surface area contributed by atoms with Crippen molar-refractivity contribution in [2.45, 2.75) is 26.4 Å². The second kappa shape index (κ2) is 5.99. The Morgan fingerprint density at radius 3 is 2.73 bits per heavy atom. The predicted octanol–water partition coefficient (Wildman–Crippen LogP) is 0.977. The number of anilines is 1. The van der Waals surface area contributed by atoms with E-state index in [2.05, 4.69) is 28.9 Å². The van der Waals surface area contributed by atoms with E-state index in [-0.39, 0.29) is 0 Å².